The highest BCUT2D eigenvalue weighted by Gasteiger charge is 2.38. The third-order valence-corrected chi connectivity index (χ3v) is 5.89. The normalized spacial score (nSPS) is 16.4. The highest BCUT2D eigenvalue weighted by atomic mass is 16.4. The summed E-state index contributed by atoms with van der Waals surface area (Å²) in [6.07, 6.45) is 0.0371. The average Bonchev–Trinajstić information content (AvgIpc) is 3.41. The number of nitrogens with one attached hydrogen (secondary N) is 6. The van der Waals surface area contributed by atoms with E-state index in [1.165, 1.54) is 0 Å². The number of likely N-dealkylation sites (tertiary alicyclic amines) is 1. The van der Waals surface area contributed by atoms with Crippen LogP contribution in [0.15, 0.2) is 0 Å². The molecule has 0 unspecified atom stereocenters. The molecule has 4 atom stereocenters. The Morgan fingerprint density at radius 1 is 0.927 bits per heavy atom. The number of carboxylic acids is 2. The Bertz CT molecular complexity index is 1010. The molecular weight excluding hydrogens is 550 g/mol. The lowest BCUT2D eigenvalue weighted by Gasteiger charge is -2.27. The van der Waals surface area contributed by atoms with E-state index in [4.69, 9.17) is 16.9 Å². The number of aliphatic hydroxyl groups is 1. The molecule has 19 heteroatoms. The molecule has 0 aromatic rings. The van der Waals surface area contributed by atoms with Crippen molar-refractivity contribution in [2.24, 2.45) is 11.5 Å². The fourth-order valence-electron chi connectivity index (χ4n) is 3.92. The minimum Gasteiger partial charge on any atom is -0.481 e. The maximum Gasteiger partial charge on any atom is 0.326 e. The number of hydrogen-bond acceptors (Lipinski definition) is 10. The standard InChI is InChI=1S/C22H37N9O10/c23-8-15(33)28-11(3-1-5-26-22(24)25)18(37)27-9-16(34)29-12(7-17(35)36)19(38)30-13(10-32)20(39)31-6-2-4-14(31)21(40)41/h11-14,32H,1-10,23H2,(H,27,37)(H,28,33)(H,29,34)(H,30,38)(H,35,36)(H,40,41)(H4,24,25,26)/t11-,12-,13-,14-/m1/s1. The quantitative estimate of drug-likeness (QED) is 0.0430. The molecule has 0 radical (unpaired) electrons. The molecule has 0 aromatic heterocycles. The topological polar surface area (TPSA) is 319 Å². The smallest absolute Gasteiger partial charge is 0.326 e. The van der Waals surface area contributed by atoms with E-state index in [1.54, 1.807) is 0 Å². The number of aliphatic hydroxyl groups excluding tert-OH is 1. The molecule has 0 saturated carbocycles. The van der Waals surface area contributed by atoms with Gasteiger partial charge in [-0.15, -0.1) is 0 Å². The molecule has 1 saturated heterocycles. The molecule has 1 aliphatic heterocycles. The molecule has 0 spiro atoms. The van der Waals surface area contributed by atoms with Crippen LogP contribution in [0.2, 0.25) is 0 Å². The van der Waals surface area contributed by atoms with Crippen LogP contribution in [0.25, 0.3) is 0 Å². The van der Waals surface area contributed by atoms with Crippen LogP contribution < -0.4 is 38.1 Å². The first kappa shape index (κ1) is 34.5. The Morgan fingerprint density at radius 3 is 2.15 bits per heavy atom. The molecule has 19 nitrogen and oxygen atoms in total. The second-order valence-corrected chi connectivity index (χ2v) is 9.01. The zero-order valence-corrected chi connectivity index (χ0v) is 22.2. The van der Waals surface area contributed by atoms with Gasteiger partial charge < -0.3 is 58.3 Å². The number of carboxylic acid groups (broad SMARTS) is 2. The van der Waals surface area contributed by atoms with E-state index in [-0.39, 0.29) is 31.9 Å². The predicted octanol–water partition coefficient (Wildman–Crippen LogP) is -5.68. The number of aliphatic carboxylic acids is 2. The summed E-state index contributed by atoms with van der Waals surface area (Å²) in [5.74, 6) is -7.48. The monoisotopic (exact) mass is 587 g/mol. The molecule has 1 heterocycles. The van der Waals surface area contributed by atoms with E-state index < -0.39 is 91.8 Å². The summed E-state index contributed by atoms with van der Waals surface area (Å²) in [6.45, 7) is -1.75. The number of nitrogens with two attached hydrogens (primary N) is 2. The van der Waals surface area contributed by atoms with Gasteiger partial charge in [-0.2, -0.15) is 0 Å². The molecule has 5 amide bonds. The van der Waals surface area contributed by atoms with Crippen LogP contribution >= 0.6 is 0 Å². The van der Waals surface area contributed by atoms with Gasteiger partial charge in [-0.1, -0.05) is 0 Å². The lowest BCUT2D eigenvalue weighted by molar-refractivity contribution is -0.150. The molecule has 41 heavy (non-hydrogen) atoms. The maximum atomic E-state index is 12.7. The highest BCUT2D eigenvalue weighted by Crippen LogP contribution is 2.18. The minimum atomic E-state index is -1.72. The van der Waals surface area contributed by atoms with Gasteiger partial charge in [0, 0.05) is 13.1 Å². The van der Waals surface area contributed by atoms with Crippen LogP contribution in [0.5, 0.6) is 0 Å². The third kappa shape index (κ3) is 12.0. The summed E-state index contributed by atoms with van der Waals surface area (Å²) in [5.41, 5.74) is 10.4. The Kier molecular flexibility index (Phi) is 14.5. The molecule has 0 aromatic carbocycles. The summed E-state index contributed by atoms with van der Waals surface area (Å²) in [5, 5.41) is 46.6. The van der Waals surface area contributed by atoms with E-state index in [0.717, 1.165) is 4.90 Å². The molecule has 230 valence electrons. The van der Waals surface area contributed by atoms with Crippen molar-refractivity contribution in [3.05, 3.63) is 0 Å². The highest BCUT2D eigenvalue weighted by molar-refractivity contribution is 5.96. The fraction of sp³-hybridized carbons (Fsp3) is 0.636. The number of rotatable bonds is 17. The van der Waals surface area contributed by atoms with Gasteiger partial charge in [0.05, 0.1) is 26.1 Å². The van der Waals surface area contributed by atoms with Crippen molar-refractivity contribution in [1.29, 1.82) is 5.41 Å². The minimum absolute atomic E-state index is 0.0805. The molecule has 13 N–H and O–H groups in total. The number of nitrogens with zero attached hydrogens (tertiary/aromatic N) is 1. The van der Waals surface area contributed by atoms with Gasteiger partial charge >= 0.3 is 11.9 Å². The second-order valence-electron chi connectivity index (χ2n) is 9.01. The van der Waals surface area contributed by atoms with E-state index in [9.17, 15) is 48.9 Å². The summed E-state index contributed by atoms with van der Waals surface area (Å²) in [6, 6.07) is -5.57. The second kappa shape index (κ2) is 17.2. The molecule has 1 aliphatic rings. The Hall–Kier alpha value is -4.52. The lowest BCUT2D eigenvalue weighted by Crippen LogP contribution is -2.58. The van der Waals surface area contributed by atoms with Crippen molar-refractivity contribution in [2.45, 2.75) is 56.3 Å². The molecule has 0 aliphatic carbocycles. The van der Waals surface area contributed by atoms with Gasteiger partial charge in [0.1, 0.15) is 24.2 Å². The predicted molar refractivity (Wildman–Crippen MR) is 139 cm³/mol. The van der Waals surface area contributed by atoms with E-state index in [0.29, 0.717) is 12.8 Å². The molecular formula is C22H37N9O10. The number of carbonyl (C=O) groups excluding carboxylic acids is 5. The Labute approximate surface area is 234 Å². The van der Waals surface area contributed by atoms with Crippen LogP contribution in [-0.2, 0) is 33.6 Å². The van der Waals surface area contributed by atoms with Gasteiger partial charge in [0.25, 0.3) is 0 Å². The SMILES string of the molecule is N=C(N)NCCC[C@@H](NC(=O)CN)C(=O)NCC(=O)N[C@H](CC(=O)O)C(=O)N[C@H](CO)C(=O)N1CCC[C@@H]1C(=O)O. The van der Waals surface area contributed by atoms with E-state index >= 15 is 0 Å². The van der Waals surface area contributed by atoms with E-state index in [2.05, 4.69) is 26.6 Å². The van der Waals surface area contributed by atoms with Crippen LogP contribution in [0.4, 0.5) is 0 Å². The lowest BCUT2D eigenvalue weighted by atomic mass is 10.1. The van der Waals surface area contributed by atoms with Crippen LogP contribution in [0.1, 0.15) is 32.1 Å². The van der Waals surface area contributed by atoms with Crippen molar-refractivity contribution >= 4 is 47.4 Å². The number of hydrogen-bond donors (Lipinski definition) is 11. The molecule has 1 fully saturated rings. The van der Waals surface area contributed by atoms with Gasteiger partial charge in [-0.25, -0.2) is 4.79 Å². The zero-order chi connectivity index (χ0) is 31.1. The first-order chi connectivity index (χ1) is 19.3. The van der Waals surface area contributed by atoms with Crippen molar-refractivity contribution in [1.82, 2.24) is 31.5 Å². The first-order valence-electron chi connectivity index (χ1n) is 12.6. The average molecular weight is 588 g/mol. The Morgan fingerprint density at radius 2 is 1.59 bits per heavy atom. The molecule has 0 bridgehead atoms. The van der Waals surface area contributed by atoms with E-state index in [1.807, 2.05) is 0 Å². The van der Waals surface area contributed by atoms with Crippen molar-refractivity contribution < 1.29 is 48.9 Å². The van der Waals surface area contributed by atoms with Gasteiger partial charge in [0.15, 0.2) is 5.96 Å². The Balaban J connectivity index is 2.80. The number of carbonyl (C=O) groups is 7. The zero-order valence-electron chi connectivity index (χ0n) is 22.2. The summed E-state index contributed by atoms with van der Waals surface area (Å²) in [7, 11) is 0. The largest absolute Gasteiger partial charge is 0.481 e. The van der Waals surface area contributed by atoms with Crippen LogP contribution in [-0.4, -0.2) is 125 Å². The van der Waals surface area contributed by atoms with Crippen molar-refractivity contribution in [3.63, 3.8) is 0 Å². The summed E-state index contributed by atoms with van der Waals surface area (Å²) in [4.78, 5) is 85.9. The van der Waals surface area contributed by atoms with Gasteiger partial charge in [0.2, 0.25) is 29.5 Å². The molecule has 1 rings (SSSR count). The van der Waals surface area contributed by atoms with Gasteiger partial charge in [-0.05, 0) is 25.7 Å². The fourth-order valence-corrected chi connectivity index (χ4v) is 3.92. The van der Waals surface area contributed by atoms with Gasteiger partial charge in [-0.3, -0.25) is 34.2 Å². The summed E-state index contributed by atoms with van der Waals surface area (Å²) >= 11 is 0. The maximum absolute atomic E-state index is 12.7. The summed E-state index contributed by atoms with van der Waals surface area (Å²) < 4.78 is 0. The van der Waals surface area contributed by atoms with Crippen molar-refractivity contribution in [2.75, 3.05) is 32.8 Å². The van der Waals surface area contributed by atoms with Crippen LogP contribution in [0.3, 0.4) is 0 Å². The third-order valence-electron chi connectivity index (χ3n) is 5.89. The number of amides is 5. The van der Waals surface area contributed by atoms with Crippen molar-refractivity contribution in [3.8, 4) is 0 Å². The van der Waals surface area contributed by atoms with Crippen LogP contribution in [0, 0.1) is 5.41 Å². The first-order valence-corrected chi connectivity index (χ1v) is 12.6. The number of guanidine groups is 1.